The Hall–Kier alpha value is -2.73. The number of ether oxygens (including phenoxy) is 1. The van der Waals surface area contributed by atoms with E-state index in [2.05, 4.69) is 0 Å². The van der Waals surface area contributed by atoms with Gasteiger partial charge in [0.05, 0.1) is 12.0 Å². The van der Waals surface area contributed by atoms with Crippen LogP contribution >= 0.6 is 0 Å². The molecule has 0 aliphatic carbocycles. The number of sulfone groups is 1. The largest absolute Gasteiger partial charge is 0.497 e. The number of aromatic nitrogens is 1. The molecule has 0 fully saturated rings. The van der Waals surface area contributed by atoms with E-state index in [1.165, 1.54) is 0 Å². The number of benzene rings is 2. The molecule has 0 bridgehead atoms. The topological polar surface area (TPSA) is 74.3 Å². The van der Waals surface area contributed by atoms with Gasteiger partial charge in [-0.25, -0.2) is 8.42 Å². The number of nitrogens with two attached hydrogens (primary N) is 1. The SMILES string of the molecule is COc1ccc(Cn2c(C)c(C)c(S(=O)(=O)c3ccccc3)c2N)cc1. The van der Waals surface area contributed by atoms with Gasteiger partial charge in [-0.2, -0.15) is 0 Å². The average Bonchev–Trinajstić information content (AvgIpc) is 2.87. The fourth-order valence-electron chi connectivity index (χ4n) is 3.04. The summed E-state index contributed by atoms with van der Waals surface area (Å²) >= 11 is 0. The second-order valence-electron chi connectivity index (χ2n) is 6.18. The smallest absolute Gasteiger partial charge is 0.210 e. The number of nitrogens with zero attached hydrogens (tertiary/aromatic N) is 1. The van der Waals surface area contributed by atoms with Gasteiger partial charge in [0.25, 0.3) is 0 Å². The highest BCUT2D eigenvalue weighted by molar-refractivity contribution is 7.91. The lowest BCUT2D eigenvalue weighted by atomic mass is 10.2. The van der Waals surface area contributed by atoms with E-state index in [-0.39, 0.29) is 15.6 Å². The minimum atomic E-state index is -3.67. The molecule has 0 saturated heterocycles. The molecule has 136 valence electrons. The van der Waals surface area contributed by atoms with Gasteiger partial charge in [-0.1, -0.05) is 30.3 Å². The molecule has 6 heteroatoms. The first kappa shape index (κ1) is 18.1. The summed E-state index contributed by atoms with van der Waals surface area (Å²) in [6.07, 6.45) is 0. The molecule has 5 nitrogen and oxygen atoms in total. The summed E-state index contributed by atoms with van der Waals surface area (Å²) in [6.45, 7) is 4.18. The Kier molecular flexibility index (Phi) is 4.78. The van der Waals surface area contributed by atoms with Crippen molar-refractivity contribution in [2.75, 3.05) is 12.8 Å². The van der Waals surface area contributed by atoms with Crippen LogP contribution in [-0.4, -0.2) is 20.1 Å². The highest BCUT2D eigenvalue weighted by Gasteiger charge is 2.28. The van der Waals surface area contributed by atoms with E-state index in [0.717, 1.165) is 17.0 Å². The fraction of sp³-hybridized carbons (Fsp3) is 0.200. The van der Waals surface area contributed by atoms with Gasteiger partial charge in [-0.15, -0.1) is 0 Å². The predicted octanol–water partition coefficient (Wildman–Crippen LogP) is 3.58. The maximum atomic E-state index is 13.1. The van der Waals surface area contributed by atoms with Crippen LogP contribution in [0, 0.1) is 13.8 Å². The Bertz CT molecular complexity index is 1020. The molecule has 26 heavy (non-hydrogen) atoms. The average molecular weight is 370 g/mol. The molecule has 0 radical (unpaired) electrons. The van der Waals surface area contributed by atoms with Crippen LogP contribution in [0.5, 0.6) is 5.75 Å². The van der Waals surface area contributed by atoms with Crippen molar-refractivity contribution in [1.29, 1.82) is 0 Å². The predicted molar refractivity (Wildman–Crippen MR) is 102 cm³/mol. The fourth-order valence-corrected chi connectivity index (χ4v) is 4.72. The Morgan fingerprint density at radius 3 is 2.19 bits per heavy atom. The number of hydrogen-bond donors (Lipinski definition) is 1. The zero-order valence-corrected chi connectivity index (χ0v) is 15.9. The lowest BCUT2D eigenvalue weighted by Gasteiger charge is -2.10. The summed E-state index contributed by atoms with van der Waals surface area (Å²) in [5.41, 5.74) is 8.83. The molecule has 1 aromatic heterocycles. The summed E-state index contributed by atoms with van der Waals surface area (Å²) in [7, 11) is -2.05. The third-order valence-corrected chi connectivity index (χ3v) is 6.58. The van der Waals surface area contributed by atoms with Crippen LogP contribution in [0.25, 0.3) is 0 Å². The minimum Gasteiger partial charge on any atom is -0.497 e. The number of rotatable bonds is 5. The first-order valence-electron chi connectivity index (χ1n) is 8.24. The Labute approximate surface area is 154 Å². The number of methoxy groups -OCH3 is 1. The zero-order valence-electron chi connectivity index (χ0n) is 15.1. The standard InChI is InChI=1S/C20H22N2O3S/c1-14-15(2)22(13-16-9-11-17(25-3)12-10-16)20(21)19(14)26(23,24)18-7-5-4-6-8-18/h4-12H,13,21H2,1-3H3. The quantitative estimate of drug-likeness (QED) is 0.745. The van der Waals surface area contributed by atoms with Crippen molar-refractivity contribution in [1.82, 2.24) is 4.57 Å². The summed E-state index contributed by atoms with van der Waals surface area (Å²) < 4.78 is 33.1. The van der Waals surface area contributed by atoms with Crippen LogP contribution < -0.4 is 10.5 Å². The molecule has 1 heterocycles. The van der Waals surface area contributed by atoms with E-state index in [9.17, 15) is 8.42 Å². The van der Waals surface area contributed by atoms with Gasteiger partial charge in [0.15, 0.2) is 0 Å². The molecule has 2 aromatic carbocycles. The monoisotopic (exact) mass is 370 g/mol. The number of nitrogen functional groups attached to an aromatic ring is 1. The lowest BCUT2D eigenvalue weighted by molar-refractivity contribution is 0.414. The summed E-state index contributed by atoms with van der Waals surface area (Å²) in [5.74, 6) is 1.04. The third-order valence-electron chi connectivity index (χ3n) is 4.63. The molecule has 0 spiro atoms. The highest BCUT2D eigenvalue weighted by atomic mass is 32.2. The van der Waals surface area contributed by atoms with Gasteiger partial charge >= 0.3 is 0 Å². The molecule has 2 N–H and O–H groups in total. The third kappa shape index (κ3) is 3.08. The van der Waals surface area contributed by atoms with Crippen LogP contribution in [0.1, 0.15) is 16.8 Å². The van der Waals surface area contributed by atoms with Gasteiger partial charge < -0.3 is 15.0 Å². The van der Waals surface area contributed by atoms with Gasteiger partial charge in [0.1, 0.15) is 16.5 Å². The normalized spacial score (nSPS) is 11.5. The first-order valence-corrected chi connectivity index (χ1v) is 9.72. The number of hydrogen-bond acceptors (Lipinski definition) is 4. The van der Waals surface area contributed by atoms with E-state index in [0.29, 0.717) is 12.1 Å². The van der Waals surface area contributed by atoms with E-state index in [1.54, 1.807) is 44.4 Å². The Morgan fingerprint density at radius 1 is 1.00 bits per heavy atom. The minimum absolute atomic E-state index is 0.190. The molecule has 0 amide bonds. The van der Waals surface area contributed by atoms with Crippen molar-refractivity contribution in [2.24, 2.45) is 0 Å². The van der Waals surface area contributed by atoms with Gasteiger partial charge in [0.2, 0.25) is 9.84 Å². The summed E-state index contributed by atoms with van der Waals surface area (Å²) in [4.78, 5) is 0.436. The molecular formula is C20H22N2O3S. The molecule has 0 unspecified atom stereocenters. The van der Waals surface area contributed by atoms with Crippen LogP contribution in [0.4, 0.5) is 5.82 Å². The first-order chi connectivity index (χ1) is 12.4. The summed E-state index contributed by atoms with van der Waals surface area (Å²) in [6, 6.07) is 16.0. The maximum Gasteiger partial charge on any atom is 0.210 e. The molecule has 0 aliphatic heterocycles. The Morgan fingerprint density at radius 2 is 1.62 bits per heavy atom. The van der Waals surface area contributed by atoms with Gasteiger partial charge in [-0.05, 0) is 49.2 Å². The van der Waals surface area contributed by atoms with E-state index in [1.807, 2.05) is 35.8 Å². The summed E-state index contributed by atoms with van der Waals surface area (Å²) in [5, 5.41) is 0. The van der Waals surface area contributed by atoms with Crippen molar-refractivity contribution in [3.63, 3.8) is 0 Å². The molecule has 0 saturated carbocycles. The van der Waals surface area contributed by atoms with Crippen molar-refractivity contribution in [2.45, 2.75) is 30.2 Å². The van der Waals surface area contributed by atoms with Crippen LogP contribution in [0.2, 0.25) is 0 Å². The van der Waals surface area contributed by atoms with Crippen molar-refractivity contribution in [3.05, 3.63) is 71.4 Å². The van der Waals surface area contributed by atoms with Crippen LogP contribution in [0.3, 0.4) is 0 Å². The van der Waals surface area contributed by atoms with Crippen LogP contribution in [0.15, 0.2) is 64.4 Å². The number of anilines is 1. The van der Waals surface area contributed by atoms with Crippen molar-refractivity contribution in [3.8, 4) is 5.75 Å². The molecular weight excluding hydrogens is 348 g/mol. The van der Waals surface area contributed by atoms with Gasteiger partial charge in [0, 0.05) is 12.2 Å². The molecule has 3 aromatic rings. The van der Waals surface area contributed by atoms with Crippen molar-refractivity contribution >= 4 is 15.7 Å². The lowest BCUT2D eigenvalue weighted by Crippen LogP contribution is -2.09. The van der Waals surface area contributed by atoms with E-state index >= 15 is 0 Å². The van der Waals surface area contributed by atoms with E-state index < -0.39 is 9.84 Å². The van der Waals surface area contributed by atoms with Gasteiger partial charge in [-0.3, -0.25) is 0 Å². The highest BCUT2D eigenvalue weighted by Crippen LogP contribution is 2.33. The molecule has 0 atom stereocenters. The zero-order chi connectivity index (χ0) is 18.9. The Balaban J connectivity index is 2.06. The van der Waals surface area contributed by atoms with E-state index in [4.69, 9.17) is 10.5 Å². The van der Waals surface area contributed by atoms with Crippen molar-refractivity contribution < 1.29 is 13.2 Å². The molecule has 0 aliphatic rings. The second-order valence-corrected chi connectivity index (χ2v) is 8.06. The maximum absolute atomic E-state index is 13.1. The van der Waals surface area contributed by atoms with Crippen LogP contribution in [-0.2, 0) is 16.4 Å². The second kappa shape index (κ2) is 6.88. The molecule has 3 rings (SSSR count).